The minimum absolute atomic E-state index is 0.209. The Morgan fingerprint density at radius 2 is 1.85 bits per heavy atom. The normalized spacial score (nSPS) is 13.4. The summed E-state index contributed by atoms with van der Waals surface area (Å²) in [6, 6.07) is 7.66. The van der Waals surface area contributed by atoms with E-state index in [0.717, 1.165) is 11.4 Å². The molecule has 0 N–H and O–H groups in total. The van der Waals surface area contributed by atoms with Crippen LogP contribution in [0.5, 0.6) is 5.75 Å². The molecule has 0 radical (unpaired) electrons. The first kappa shape index (κ1) is 17.3. The van der Waals surface area contributed by atoms with Crippen molar-refractivity contribution in [1.82, 2.24) is 18.7 Å². The van der Waals surface area contributed by atoms with Gasteiger partial charge in [0.2, 0.25) is 5.95 Å². The third-order valence-corrected chi connectivity index (χ3v) is 4.90. The van der Waals surface area contributed by atoms with E-state index in [1.807, 2.05) is 33.7 Å². The summed E-state index contributed by atoms with van der Waals surface area (Å²) in [6.45, 7) is 1.82. The third-order valence-electron chi connectivity index (χ3n) is 4.90. The van der Waals surface area contributed by atoms with Crippen LogP contribution in [0.2, 0.25) is 0 Å². The van der Waals surface area contributed by atoms with Gasteiger partial charge in [-0.3, -0.25) is 13.9 Å². The van der Waals surface area contributed by atoms with Gasteiger partial charge in [-0.1, -0.05) is 0 Å². The highest BCUT2D eigenvalue weighted by molar-refractivity contribution is 5.77. The summed E-state index contributed by atoms with van der Waals surface area (Å²) in [5, 5.41) is 0. The summed E-state index contributed by atoms with van der Waals surface area (Å²) in [5.41, 5.74) is 1.07. The molecule has 3 aromatic rings. The highest BCUT2D eigenvalue weighted by Crippen LogP contribution is 2.32. The molecule has 9 heteroatoms. The molecular weight excluding hydrogens is 350 g/mol. The Bertz CT molecular complexity index is 1110. The minimum atomic E-state index is -0.391. The zero-order valence-electron chi connectivity index (χ0n) is 15.5. The number of aryl methyl sites for hydroxylation is 1. The predicted octanol–water partition coefficient (Wildman–Crippen LogP) is 0.703. The number of methoxy groups -OCH3 is 2. The number of imidazole rings is 1. The molecule has 1 aliphatic heterocycles. The summed E-state index contributed by atoms with van der Waals surface area (Å²) >= 11 is 0. The maximum atomic E-state index is 13.0. The lowest BCUT2D eigenvalue weighted by atomic mass is 10.3. The molecular formula is C18H21N5O4. The zero-order chi connectivity index (χ0) is 19.1. The number of rotatable bonds is 5. The monoisotopic (exact) mass is 371 g/mol. The molecule has 0 spiro atoms. The predicted molar refractivity (Wildman–Crippen MR) is 101 cm³/mol. The molecule has 0 bridgehead atoms. The van der Waals surface area contributed by atoms with Gasteiger partial charge in [0, 0.05) is 32.9 Å². The van der Waals surface area contributed by atoms with Crippen molar-refractivity contribution in [3.8, 4) is 5.75 Å². The molecule has 4 rings (SSSR count). The first-order valence-electron chi connectivity index (χ1n) is 8.67. The lowest BCUT2D eigenvalue weighted by Gasteiger charge is -2.16. The van der Waals surface area contributed by atoms with Gasteiger partial charge >= 0.3 is 5.69 Å². The molecule has 0 saturated carbocycles. The van der Waals surface area contributed by atoms with Crippen molar-refractivity contribution in [2.45, 2.75) is 13.1 Å². The number of fused-ring (bicyclic) bond motifs is 3. The van der Waals surface area contributed by atoms with Gasteiger partial charge in [-0.2, -0.15) is 4.98 Å². The zero-order valence-corrected chi connectivity index (χ0v) is 15.5. The quantitative estimate of drug-likeness (QED) is 0.657. The van der Waals surface area contributed by atoms with Crippen LogP contribution in [0, 0.1) is 0 Å². The van der Waals surface area contributed by atoms with E-state index in [9.17, 15) is 9.59 Å². The number of ether oxygens (including phenoxy) is 2. The molecule has 0 saturated heterocycles. The van der Waals surface area contributed by atoms with E-state index in [2.05, 4.69) is 4.98 Å². The molecule has 3 heterocycles. The van der Waals surface area contributed by atoms with Gasteiger partial charge in [-0.15, -0.1) is 0 Å². The highest BCUT2D eigenvalue weighted by Gasteiger charge is 2.28. The molecule has 1 aromatic carbocycles. The molecule has 0 aliphatic carbocycles. The largest absolute Gasteiger partial charge is 0.497 e. The fourth-order valence-corrected chi connectivity index (χ4v) is 3.46. The van der Waals surface area contributed by atoms with Crippen LogP contribution >= 0.6 is 0 Å². The molecule has 0 atom stereocenters. The SMILES string of the molecule is COCCn1c(=O)c2c(nc3n2CCN3c2ccc(OC)cc2)n(C)c1=O. The van der Waals surface area contributed by atoms with Gasteiger partial charge in [0.05, 0.1) is 20.3 Å². The van der Waals surface area contributed by atoms with Crippen LogP contribution in [-0.2, 0) is 24.9 Å². The van der Waals surface area contributed by atoms with E-state index < -0.39 is 5.69 Å². The van der Waals surface area contributed by atoms with Crippen LogP contribution in [0.15, 0.2) is 33.9 Å². The van der Waals surface area contributed by atoms with Crippen LogP contribution in [-0.4, -0.2) is 46.1 Å². The third kappa shape index (κ3) is 2.62. The lowest BCUT2D eigenvalue weighted by molar-refractivity contribution is 0.184. The second-order valence-electron chi connectivity index (χ2n) is 6.38. The Morgan fingerprint density at radius 3 is 2.52 bits per heavy atom. The van der Waals surface area contributed by atoms with Gasteiger partial charge < -0.3 is 18.9 Å². The molecule has 9 nitrogen and oxygen atoms in total. The highest BCUT2D eigenvalue weighted by atomic mass is 16.5. The van der Waals surface area contributed by atoms with E-state index in [4.69, 9.17) is 9.47 Å². The number of aromatic nitrogens is 4. The average Bonchev–Trinajstić information content (AvgIpc) is 3.26. The average molecular weight is 371 g/mol. The van der Waals surface area contributed by atoms with Crippen molar-refractivity contribution in [1.29, 1.82) is 0 Å². The van der Waals surface area contributed by atoms with Crippen LogP contribution < -0.4 is 20.9 Å². The number of hydrogen-bond donors (Lipinski definition) is 0. The molecule has 2 aromatic heterocycles. The molecule has 142 valence electrons. The van der Waals surface area contributed by atoms with Crippen molar-refractivity contribution in [3.63, 3.8) is 0 Å². The summed E-state index contributed by atoms with van der Waals surface area (Å²) < 4.78 is 14.7. The Labute approximate surface area is 155 Å². The maximum Gasteiger partial charge on any atom is 0.332 e. The Kier molecular flexibility index (Phi) is 4.23. The van der Waals surface area contributed by atoms with E-state index in [1.54, 1.807) is 14.2 Å². The van der Waals surface area contributed by atoms with Crippen LogP contribution in [0.25, 0.3) is 11.2 Å². The number of benzene rings is 1. The van der Waals surface area contributed by atoms with E-state index in [-0.39, 0.29) is 12.1 Å². The van der Waals surface area contributed by atoms with Crippen molar-refractivity contribution in [2.24, 2.45) is 7.05 Å². The van der Waals surface area contributed by atoms with Gasteiger partial charge in [-0.05, 0) is 24.3 Å². The van der Waals surface area contributed by atoms with Crippen LogP contribution in [0.3, 0.4) is 0 Å². The Balaban J connectivity index is 1.87. The summed E-state index contributed by atoms with van der Waals surface area (Å²) in [7, 11) is 4.80. The second-order valence-corrected chi connectivity index (χ2v) is 6.38. The van der Waals surface area contributed by atoms with Crippen LogP contribution in [0.4, 0.5) is 11.6 Å². The standard InChI is InChI=1S/C18H21N5O4/c1-20-15-14(16(24)23(18(20)25)10-11-26-2)22-9-8-21(17(22)19-15)12-4-6-13(27-3)7-5-12/h4-7H,8-11H2,1-3H3. The van der Waals surface area contributed by atoms with Crippen LogP contribution in [0.1, 0.15) is 0 Å². The van der Waals surface area contributed by atoms with Gasteiger partial charge in [-0.25, -0.2) is 4.79 Å². The minimum Gasteiger partial charge on any atom is -0.497 e. The van der Waals surface area contributed by atoms with E-state index in [1.165, 1.54) is 16.2 Å². The number of nitrogens with zero attached hydrogens (tertiary/aromatic N) is 5. The fraction of sp³-hybridized carbons (Fsp3) is 0.389. The fourth-order valence-electron chi connectivity index (χ4n) is 3.46. The van der Waals surface area contributed by atoms with Crippen molar-refractivity contribution in [3.05, 3.63) is 45.1 Å². The summed E-state index contributed by atoms with van der Waals surface area (Å²) in [6.07, 6.45) is 0. The van der Waals surface area contributed by atoms with Gasteiger partial charge in [0.25, 0.3) is 5.56 Å². The Morgan fingerprint density at radius 1 is 1.11 bits per heavy atom. The molecule has 27 heavy (non-hydrogen) atoms. The topological polar surface area (TPSA) is 83.5 Å². The van der Waals surface area contributed by atoms with Crippen molar-refractivity contribution < 1.29 is 9.47 Å². The molecule has 0 amide bonds. The van der Waals surface area contributed by atoms with Crippen molar-refractivity contribution >= 4 is 22.8 Å². The number of hydrogen-bond acceptors (Lipinski definition) is 6. The maximum absolute atomic E-state index is 13.0. The van der Waals surface area contributed by atoms with Gasteiger partial charge in [0.1, 0.15) is 5.75 Å². The first-order chi connectivity index (χ1) is 13.1. The smallest absolute Gasteiger partial charge is 0.332 e. The summed E-state index contributed by atoms with van der Waals surface area (Å²) in [4.78, 5) is 32.1. The van der Waals surface area contributed by atoms with Crippen molar-refractivity contribution in [2.75, 3.05) is 32.3 Å². The Hall–Kier alpha value is -3.07. The first-order valence-corrected chi connectivity index (χ1v) is 8.67. The molecule has 0 fully saturated rings. The second kappa shape index (κ2) is 6.58. The summed E-state index contributed by atoms with van der Waals surface area (Å²) in [5.74, 6) is 1.43. The van der Waals surface area contributed by atoms with Gasteiger partial charge in [0.15, 0.2) is 11.2 Å². The molecule has 1 aliphatic rings. The van der Waals surface area contributed by atoms with E-state index in [0.29, 0.717) is 36.8 Å². The lowest BCUT2D eigenvalue weighted by Crippen LogP contribution is -2.40. The van der Waals surface area contributed by atoms with E-state index >= 15 is 0 Å². The molecule has 0 unspecified atom stereocenters. The number of anilines is 2.